The van der Waals surface area contributed by atoms with Gasteiger partial charge in [-0.15, -0.1) is 0 Å². The maximum absolute atomic E-state index is 6.04. The molecule has 0 aliphatic carbocycles. The Morgan fingerprint density at radius 3 is 2.50 bits per heavy atom. The van der Waals surface area contributed by atoms with Crippen LogP contribution in [0.4, 0.5) is 0 Å². The van der Waals surface area contributed by atoms with Crippen LogP contribution in [0.3, 0.4) is 0 Å². The Bertz CT molecular complexity index is 694. The highest BCUT2D eigenvalue weighted by Gasteiger charge is 2.04. The van der Waals surface area contributed by atoms with Crippen LogP contribution in [0.15, 0.2) is 66.9 Å². The van der Waals surface area contributed by atoms with Crippen molar-refractivity contribution in [2.24, 2.45) is 0 Å². The SMILES string of the molecule is Clc1ccccc1OCc1ccn(-c2ccccc2)n1. The molecule has 0 radical (unpaired) electrons. The lowest BCUT2D eigenvalue weighted by Gasteiger charge is -2.05. The van der Waals surface area contributed by atoms with Gasteiger partial charge in [0.2, 0.25) is 0 Å². The predicted octanol–water partition coefficient (Wildman–Crippen LogP) is 4.10. The zero-order valence-electron chi connectivity index (χ0n) is 10.7. The van der Waals surface area contributed by atoms with Gasteiger partial charge in [-0.1, -0.05) is 41.9 Å². The second-order valence-electron chi connectivity index (χ2n) is 4.31. The molecule has 0 fully saturated rings. The van der Waals surface area contributed by atoms with Crippen molar-refractivity contribution in [1.29, 1.82) is 0 Å². The first-order chi connectivity index (χ1) is 9.83. The molecule has 0 saturated carbocycles. The Hall–Kier alpha value is -2.26. The summed E-state index contributed by atoms with van der Waals surface area (Å²) in [5.41, 5.74) is 1.88. The summed E-state index contributed by atoms with van der Waals surface area (Å²) in [6, 6.07) is 19.3. The highest BCUT2D eigenvalue weighted by Crippen LogP contribution is 2.23. The first-order valence-corrected chi connectivity index (χ1v) is 6.68. The van der Waals surface area contributed by atoms with Crippen LogP contribution in [0.1, 0.15) is 5.69 Å². The molecule has 0 aliphatic rings. The first-order valence-electron chi connectivity index (χ1n) is 6.30. The smallest absolute Gasteiger partial charge is 0.138 e. The predicted molar refractivity (Wildman–Crippen MR) is 79.3 cm³/mol. The van der Waals surface area contributed by atoms with Gasteiger partial charge in [0, 0.05) is 6.20 Å². The van der Waals surface area contributed by atoms with Gasteiger partial charge in [0.1, 0.15) is 18.1 Å². The molecule has 0 unspecified atom stereocenters. The third-order valence-corrected chi connectivity index (χ3v) is 3.19. The summed E-state index contributed by atoms with van der Waals surface area (Å²) in [7, 11) is 0. The summed E-state index contributed by atoms with van der Waals surface area (Å²) in [6.07, 6.45) is 1.92. The van der Waals surface area contributed by atoms with Gasteiger partial charge in [-0.2, -0.15) is 5.10 Å². The molecule has 0 amide bonds. The maximum atomic E-state index is 6.04. The van der Waals surface area contributed by atoms with E-state index in [0.29, 0.717) is 17.4 Å². The van der Waals surface area contributed by atoms with Crippen LogP contribution in [-0.4, -0.2) is 9.78 Å². The van der Waals surface area contributed by atoms with Crippen molar-refractivity contribution in [2.45, 2.75) is 6.61 Å². The fourth-order valence-electron chi connectivity index (χ4n) is 1.88. The van der Waals surface area contributed by atoms with Crippen LogP contribution in [0.2, 0.25) is 5.02 Å². The molecule has 0 aliphatic heterocycles. The monoisotopic (exact) mass is 284 g/mol. The highest BCUT2D eigenvalue weighted by molar-refractivity contribution is 6.32. The summed E-state index contributed by atoms with van der Waals surface area (Å²) in [5.74, 6) is 0.670. The number of benzene rings is 2. The van der Waals surface area contributed by atoms with E-state index in [0.717, 1.165) is 11.4 Å². The van der Waals surface area contributed by atoms with E-state index < -0.39 is 0 Å². The van der Waals surface area contributed by atoms with Crippen LogP contribution < -0.4 is 4.74 Å². The number of para-hydroxylation sites is 2. The zero-order chi connectivity index (χ0) is 13.8. The van der Waals surface area contributed by atoms with Gasteiger partial charge >= 0.3 is 0 Å². The van der Waals surface area contributed by atoms with Crippen molar-refractivity contribution in [3.8, 4) is 11.4 Å². The lowest BCUT2D eigenvalue weighted by atomic mass is 10.3. The minimum absolute atomic E-state index is 0.392. The van der Waals surface area contributed by atoms with E-state index in [1.54, 1.807) is 6.07 Å². The van der Waals surface area contributed by atoms with Crippen LogP contribution in [0, 0.1) is 0 Å². The third-order valence-electron chi connectivity index (χ3n) is 2.88. The maximum Gasteiger partial charge on any atom is 0.138 e. The van der Waals surface area contributed by atoms with Gasteiger partial charge in [0.25, 0.3) is 0 Å². The van der Waals surface area contributed by atoms with Gasteiger partial charge in [0.15, 0.2) is 0 Å². The molecule has 20 heavy (non-hydrogen) atoms. The van der Waals surface area contributed by atoms with Crippen molar-refractivity contribution >= 4 is 11.6 Å². The van der Waals surface area contributed by atoms with E-state index in [9.17, 15) is 0 Å². The van der Waals surface area contributed by atoms with E-state index in [2.05, 4.69) is 5.10 Å². The molecule has 3 nitrogen and oxygen atoms in total. The van der Waals surface area contributed by atoms with Crippen molar-refractivity contribution in [1.82, 2.24) is 9.78 Å². The van der Waals surface area contributed by atoms with Gasteiger partial charge < -0.3 is 4.74 Å². The summed E-state index contributed by atoms with van der Waals surface area (Å²) in [5, 5.41) is 5.08. The zero-order valence-corrected chi connectivity index (χ0v) is 11.5. The molecule has 4 heteroatoms. The third kappa shape index (κ3) is 2.83. The second-order valence-corrected chi connectivity index (χ2v) is 4.71. The van der Waals surface area contributed by atoms with Crippen molar-refractivity contribution in [2.75, 3.05) is 0 Å². The van der Waals surface area contributed by atoms with Crippen molar-refractivity contribution in [3.05, 3.63) is 77.6 Å². The number of nitrogens with zero attached hydrogens (tertiary/aromatic N) is 2. The van der Waals surface area contributed by atoms with Crippen LogP contribution in [-0.2, 0) is 6.61 Å². The summed E-state index contributed by atoms with van der Waals surface area (Å²) >= 11 is 6.04. The van der Waals surface area contributed by atoms with Gasteiger partial charge in [-0.3, -0.25) is 0 Å². The molecular formula is C16H13ClN2O. The average Bonchev–Trinajstić information content (AvgIpc) is 2.96. The molecule has 0 bridgehead atoms. The Kier molecular flexibility index (Phi) is 3.70. The molecule has 0 N–H and O–H groups in total. The summed E-state index contributed by atoms with van der Waals surface area (Å²) < 4.78 is 7.49. The topological polar surface area (TPSA) is 27.1 Å². The normalized spacial score (nSPS) is 10.4. The molecule has 3 rings (SSSR count). The molecular weight excluding hydrogens is 272 g/mol. The molecule has 0 atom stereocenters. The number of hydrogen-bond acceptors (Lipinski definition) is 2. The van der Waals surface area contributed by atoms with Crippen LogP contribution >= 0.6 is 11.6 Å². The van der Waals surface area contributed by atoms with Crippen molar-refractivity contribution < 1.29 is 4.74 Å². The number of aromatic nitrogens is 2. The number of halogens is 1. The Morgan fingerprint density at radius 2 is 1.70 bits per heavy atom. The fourth-order valence-corrected chi connectivity index (χ4v) is 2.07. The van der Waals surface area contributed by atoms with Crippen LogP contribution in [0.5, 0.6) is 5.75 Å². The first kappa shape index (κ1) is 12.8. The number of hydrogen-bond donors (Lipinski definition) is 0. The number of ether oxygens (including phenoxy) is 1. The minimum atomic E-state index is 0.392. The molecule has 1 aromatic heterocycles. The van der Waals surface area contributed by atoms with E-state index in [-0.39, 0.29) is 0 Å². The highest BCUT2D eigenvalue weighted by atomic mass is 35.5. The average molecular weight is 285 g/mol. The largest absolute Gasteiger partial charge is 0.486 e. The molecule has 100 valence electrons. The van der Waals surface area contributed by atoms with Crippen LogP contribution in [0.25, 0.3) is 5.69 Å². The fraction of sp³-hybridized carbons (Fsp3) is 0.0625. The number of rotatable bonds is 4. The standard InChI is InChI=1S/C16H13ClN2O/c17-15-8-4-5-9-16(15)20-12-13-10-11-19(18-13)14-6-2-1-3-7-14/h1-11H,12H2. The van der Waals surface area contributed by atoms with Gasteiger partial charge in [-0.05, 0) is 30.3 Å². The van der Waals surface area contributed by atoms with E-state index >= 15 is 0 Å². The Labute approximate surface area is 122 Å². The van der Waals surface area contributed by atoms with E-state index in [1.807, 2.05) is 65.5 Å². The van der Waals surface area contributed by atoms with Gasteiger partial charge in [-0.25, -0.2) is 4.68 Å². The molecule has 3 aromatic rings. The molecule has 0 saturated heterocycles. The minimum Gasteiger partial charge on any atom is -0.486 e. The summed E-state index contributed by atoms with van der Waals surface area (Å²) in [6.45, 7) is 0.392. The Balaban J connectivity index is 1.71. The molecule has 2 aromatic carbocycles. The van der Waals surface area contributed by atoms with Crippen molar-refractivity contribution in [3.63, 3.8) is 0 Å². The lowest BCUT2D eigenvalue weighted by Crippen LogP contribution is -1.99. The lowest BCUT2D eigenvalue weighted by molar-refractivity contribution is 0.300. The second kappa shape index (κ2) is 5.80. The van der Waals surface area contributed by atoms with E-state index in [4.69, 9.17) is 16.3 Å². The van der Waals surface area contributed by atoms with E-state index in [1.165, 1.54) is 0 Å². The quantitative estimate of drug-likeness (QED) is 0.721. The Morgan fingerprint density at radius 1 is 0.950 bits per heavy atom. The molecule has 0 spiro atoms. The van der Waals surface area contributed by atoms with Gasteiger partial charge in [0.05, 0.1) is 10.7 Å². The summed E-state index contributed by atoms with van der Waals surface area (Å²) in [4.78, 5) is 0. The molecule has 1 heterocycles.